The van der Waals surface area contributed by atoms with Gasteiger partial charge in [0.1, 0.15) is 15.9 Å². The zero-order valence-electron chi connectivity index (χ0n) is 18.0. The Morgan fingerprint density at radius 1 is 1.17 bits per heavy atom. The highest BCUT2D eigenvalue weighted by atomic mass is 35.5. The number of aryl methyl sites for hydroxylation is 1. The van der Waals surface area contributed by atoms with Gasteiger partial charge in [0.2, 0.25) is 0 Å². The summed E-state index contributed by atoms with van der Waals surface area (Å²) in [6.45, 7) is 1.51. The van der Waals surface area contributed by atoms with Crippen molar-refractivity contribution in [3.8, 4) is 5.69 Å². The predicted octanol–water partition coefficient (Wildman–Crippen LogP) is 3.80. The second-order valence-electron chi connectivity index (χ2n) is 7.30. The number of nitrogens with one attached hydrogen (secondary N) is 2. The molecule has 2 N–H and O–H groups in total. The van der Waals surface area contributed by atoms with E-state index in [0.717, 1.165) is 28.2 Å². The highest BCUT2D eigenvalue weighted by molar-refractivity contribution is 7.90. The van der Waals surface area contributed by atoms with Crippen LogP contribution < -0.4 is 15.6 Å². The Kier molecular flexibility index (Phi) is 6.77. The van der Waals surface area contributed by atoms with E-state index >= 15 is 4.39 Å². The Bertz CT molecular complexity index is 1680. The van der Waals surface area contributed by atoms with Crippen molar-refractivity contribution < 1.29 is 21.8 Å². The van der Waals surface area contributed by atoms with Crippen LogP contribution in [0.4, 0.5) is 14.9 Å². The average molecular weight is 555 g/mol. The van der Waals surface area contributed by atoms with Crippen molar-refractivity contribution >= 4 is 66.4 Å². The molecule has 2 heterocycles. The number of aromatic nitrogens is 2. The van der Waals surface area contributed by atoms with Crippen LogP contribution in [0.5, 0.6) is 0 Å². The number of thiophene rings is 1. The van der Waals surface area contributed by atoms with Crippen molar-refractivity contribution in [2.45, 2.75) is 16.0 Å². The van der Waals surface area contributed by atoms with Gasteiger partial charge in [0.25, 0.3) is 5.56 Å². The van der Waals surface area contributed by atoms with Crippen molar-refractivity contribution in [1.82, 2.24) is 14.3 Å². The summed E-state index contributed by atoms with van der Waals surface area (Å²) in [6, 6.07) is 9.79. The molecule has 4 rings (SSSR count). The maximum Gasteiger partial charge on any atom is 0.331 e. The maximum atomic E-state index is 15.0. The predicted molar refractivity (Wildman–Crippen MR) is 133 cm³/mol. The number of carbonyl (C=O) groups excluding carboxylic acids is 1. The lowest BCUT2D eigenvalue weighted by Crippen LogP contribution is -2.30. The summed E-state index contributed by atoms with van der Waals surface area (Å²) in [6.07, 6.45) is 1.01. The van der Waals surface area contributed by atoms with Crippen LogP contribution >= 0.6 is 22.9 Å². The van der Waals surface area contributed by atoms with Gasteiger partial charge in [-0.25, -0.2) is 26.8 Å². The fraction of sp³-hybridized carbons (Fsp3) is 0.0952. The van der Waals surface area contributed by atoms with E-state index in [0.29, 0.717) is 8.55 Å². The van der Waals surface area contributed by atoms with Gasteiger partial charge in [0.15, 0.2) is 20.8 Å². The van der Waals surface area contributed by atoms with Crippen molar-refractivity contribution in [2.75, 3.05) is 11.6 Å². The van der Waals surface area contributed by atoms with Crippen LogP contribution in [0.1, 0.15) is 5.82 Å². The van der Waals surface area contributed by atoms with Gasteiger partial charge in [-0.15, -0.1) is 11.3 Å². The molecule has 2 aromatic carbocycles. The Balaban J connectivity index is 1.64. The number of nitrogens with zero attached hydrogens (tertiary/aromatic N) is 2. The van der Waals surface area contributed by atoms with Gasteiger partial charge in [-0.3, -0.25) is 14.1 Å². The minimum Gasteiger partial charge on any atom is -0.307 e. The van der Waals surface area contributed by atoms with Gasteiger partial charge < -0.3 is 5.32 Å². The minimum absolute atomic E-state index is 0.00987. The number of hydrogen-bond acceptors (Lipinski definition) is 7. The van der Waals surface area contributed by atoms with Crippen molar-refractivity contribution in [2.24, 2.45) is 0 Å². The molecule has 0 aliphatic carbocycles. The van der Waals surface area contributed by atoms with Gasteiger partial charge >= 0.3 is 6.03 Å². The number of urea groups is 1. The van der Waals surface area contributed by atoms with E-state index in [1.54, 1.807) is 6.07 Å². The van der Waals surface area contributed by atoms with Gasteiger partial charge in [-0.1, -0.05) is 11.6 Å². The highest BCUT2D eigenvalue weighted by Gasteiger charge is 2.17. The SMILES string of the molecule is Cc1nc2ccc(S(C)(=O)=O)cc2c(=O)n1-c1ccc(NC(=O)NS(=O)c2ccc(Cl)s2)cc1F. The third-order valence-corrected chi connectivity index (χ3v) is 8.51. The van der Waals surface area contributed by atoms with Gasteiger partial charge in [0.05, 0.1) is 25.8 Å². The van der Waals surface area contributed by atoms with E-state index in [1.807, 2.05) is 0 Å². The first kappa shape index (κ1) is 25.0. The molecule has 0 fully saturated rings. The standard InChI is InChI=1S/C21H16ClFN4O5S3/c1-11-24-16-5-4-13(35(2,31)32)10-14(16)20(28)27(11)17-6-3-12(9-15(17)23)25-21(29)26-34(30)19-8-7-18(22)33-19/h3-10H,1-2H3,(H2,25,26,29). The fourth-order valence-electron chi connectivity index (χ4n) is 3.24. The van der Waals surface area contributed by atoms with Gasteiger partial charge in [-0.05, 0) is 55.5 Å². The summed E-state index contributed by atoms with van der Waals surface area (Å²) < 4.78 is 54.9. The lowest BCUT2D eigenvalue weighted by Gasteiger charge is -2.13. The van der Waals surface area contributed by atoms with Gasteiger partial charge in [-0.2, -0.15) is 0 Å². The molecule has 2 aromatic heterocycles. The third kappa shape index (κ3) is 5.27. The van der Waals surface area contributed by atoms with E-state index in [9.17, 15) is 22.2 Å². The highest BCUT2D eigenvalue weighted by Crippen LogP contribution is 2.24. The molecular formula is C21H16ClFN4O5S3. The van der Waals surface area contributed by atoms with Crippen LogP contribution in [0.15, 0.2) is 62.4 Å². The second kappa shape index (κ2) is 9.49. The van der Waals surface area contributed by atoms with E-state index < -0.39 is 38.2 Å². The summed E-state index contributed by atoms with van der Waals surface area (Å²) in [4.78, 5) is 29.5. The van der Waals surface area contributed by atoms with Crippen LogP contribution in [0.3, 0.4) is 0 Å². The summed E-state index contributed by atoms with van der Waals surface area (Å²) in [5, 5.41) is 2.38. The number of carbonyl (C=O) groups is 1. The molecule has 0 saturated carbocycles. The lowest BCUT2D eigenvalue weighted by atomic mass is 10.2. The molecule has 4 aromatic rings. The van der Waals surface area contributed by atoms with Crippen molar-refractivity contribution in [3.05, 3.63) is 74.9 Å². The first-order valence-electron chi connectivity index (χ1n) is 9.72. The molecule has 182 valence electrons. The molecule has 9 nitrogen and oxygen atoms in total. The van der Waals surface area contributed by atoms with Crippen LogP contribution in [0.2, 0.25) is 4.34 Å². The quantitative estimate of drug-likeness (QED) is 0.386. The fourth-order valence-corrected chi connectivity index (χ4v) is 6.01. The van der Waals surface area contributed by atoms with Crippen LogP contribution in [-0.2, 0) is 20.8 Å². The normalized spacial score (nSPS) is 12.5. The molecular weight excluding hydrogens is 539 g/mol. The summed E-state index contributed by atoms with van der Waals surface area (Å²) in [5.41, 5.74) is -0.481. The summed E-state index contributed by atoms with van der Waals surface area (Å²) in [5.74, 6) is -0.670. The molecule has 0 aliphatic rings. The number of fused-ring (bicyclic) bond motifs is 1. The zero-order valence-corrected chi connectivity index (χ0v) is 21.2. The minimum atomic E-state index is -3.57. The van der Waals surface area contributed by atoms with E-state index in [1.165, 1.54) is 43.3 Å². The molecule has 0 bridgehead atoms. The van der Waals surface area contributed by atoms with Crippen LogP contribution in [-0.4, -0.2) is 34.5 Å². The molecule has 1 unspecified atom stereocenters. The molecule has 35 heavy (non-hydrogen) atoms. The number of amides is 2. The number of hydrogen-bond donors (Lipinski definition) is 2. The Morgan fingerprint density at radius 3 is 2.54 bits per heavy atom. The summed E-state index contributed by atoms with van der Waals surface area (Å²) in [7, 11) is -5.43. The van der Waals surface area contributed by atoms with E-state index in [2.05, 4.69) is 15.0 Å². The molecule has 0 spiro atoms. The smallest absolute Gasteiger partial charge is 0.307 e. The first-order chi connectivity index (χ1) is 16.4. The Labute approximate surface area is 210 Å². The van der Waals surface area contributed by atoms with Crippen LogP contribution in [0.25, 0.3) is 16.6 Å². The Hall–Kier alpha value is -3.13. The van der Waals surface area contributed by atoms with Crippen LogP contribution in [0, 0.1) is 12.7 Å². The van der Waals surface area contributed by atoms with E-state index in [4.69, 9.17) is 11.6 Å². The van der Waals surface area contributed by atoms with E-state index in [-0.39, 0.29) is 33.0 Å². The number of anilines is 1. The molecule has 1 atom stereocenters. The second-order valence-corrected chi connectivity index (χ2v) is 12.5. The topological polar surface area (TPSA) is 127 Å². The average Bonchev–Trinajstić information content (AvgIpc) is 3.20. The lowest BCUT2D eigenvalue weighted by molar-refractivity contribution is 0.257. The zero-order chi connectivity index (χ0) is 25.5. The molecule has 0 aliphatic heterocycles. The summed E-state index contributed by atoms with van der Waals surface area (Å²) >= 11 is 6.84. The number of halogens is 2. The van der Waals surface area contributed by atoms with Crippen molar-refractivity contribution in [3.63, 3.8) is 0 Å². The maximum absolute atomic E-state index is 15.0. The molecule has 2 amide bonds. The Morgan fingerprint density at radius 2 is 1.91 bits per heavy atom. The number of rotatable bonds is 5. The third-order valence-electron chi connectivity index (χ3n) is 4.80. The van der Waals surface area contributed by atoms with Crippen molar-refractivity contribution in [1.29, 1.82) is 0 Å². The molecule has 14 heteroatoms. The largest absolute Gasteiger partial charge is 0.331 e. The monoisotopic (exact) mass is 554 g/mol. The number of benzene rings is 2. The number of sulfone groups is 1. The molecule has 0 saturated heterocycles. The molecule has 0 radical (unpaired) electrons. The van der Waals surface area contributed by atoms with Gasteiger partial charge in [0, 0.05) is 11.9 Å². The first-order valence-corrected chi connectivity index (χ1v) is 14.0.